The third-order valence-electron chi connectivity index (χ3n) is 4.75. The molecule has 1 aliphatic heterocycles. The monoisotopic (exact) mass is 415 g/mol. The summed E-state index contributed by atoms with van der Waals surface area (Å²) >= 11 is 0. The molecule has 1 saturated heterocycles. The molecule has 1 aliphatic rings. The summed E-state index contributed by atoms with van der Waals surface area (Å²) in [5, 5.41) is 14.9. The second kappa shape index (κ2) is 9.86. The molecule has 1 unspecified atom stereocenters. The van der Waals surface area contributed by atoms with E-state index in [9.17, 15) is 14.9 Å². The van der Waals surface area contributed by atoms with E-state index in [1.54, 1.807) is 36.1 Å². The average Bonchev–Trinajstić information content (AvgIpc) is 2.75. The normalized spacial score (nSPS) is 16.1. The van der Waals surface area contributed by atoms with Gasteiger partial charge in [-0.1, -0.05) is 0 Å². The Kier molecular flexibility index (Phi) is 6.99. The van der Waals surface area contributed by atoms with Crippen LogP contribution >= 0.6 is 0 Å². The van der Waals surface area contributed by atoms with E-state index >= 15 is 0 Å². The summed E-state index contributed by atoms with van der Waals surface area (Å²) < 4.78 is 10.5. The van der Waals surface area contributed by atoms with Crippen LogP contribution in [0.25, 0.3) is 0 Å². The number of rotatable bonds is 8. The number of carbonyl (C=O) groups excluding carboxylic acids is 1. The molecule has 0 saturated carbocycles. The van der Waals surface area contributed by atoms with Gasteiger partial charge in [-0.25, -0.2) is 9.97 Å². The number of esters is 1. The molecule has 2 aromatic rings. The Bertz CT molecular complexity index is 890. The van der Waals surface area contributed by atoms with Crippen molar-refractivity contribution in [1.29, 1.82) is 0 Å². The zero-order valence-electron chi connectivity index (χ0n) is 17.0. The van der Waals surface area contributed by atoms with Gasteiger partial charge in [0.05, 0.1) is 24.1 Å². The highest BCUT2D eigenvalue weighted by Gasteiger charge is 2.33. The lowest BCUT2D eigenvalue weighted by molar-refractivity contribution is -0.383. The van der Waals surface area contributed by atoms with E-state index in [2.05, 4.69) is 15.3 Å². The maximum Gasteiger partial charge on any atom is 0.353 e. The van der Waals surface area contributed by atoms with Crippen LogP contribution in [0.2, 0.25) is 0 Å². The van der Waals surface area contributed by atoms with E-state index < -0.39 is 4.92 Å². The van der Waals surface area contributed by atoms with Gasteiger partial charge in [0.15, 0.2) is 0 Å². The van der Waals surface area contributed by atoms with Crippen molar-refractivity contribution in [2.24, 2.45) is 5.92 Å². The van der Waals surface area contributed by atoms with E-state index in [0.717, 1.165) is 0 Å². The van der Waals surface area contributed by atoms with E-state index in [4.69, 9.17) is 9.47 Å². The van der Waals surface area contributed by atoms with Crippen molar-refractivity contribution < 1.29 is 19.2 Å². The number of nitrogens with zero attached hydrogens (tertiary/aromatic N) is 4. The molecule has 30 heavy (non-hydrogen) atoms. The standard InChI is InChI=1S/C20H25N5O5/c1-3-29-16-9-7-15(8-10-16)23-18-17(25(27)28)19(22-13-21-18)24-11-5-6-14(12-24)20(26)30-4-2/h7-10,13-14H,3-6,11-12H2,1-2H3,(H,21,22,23). The quantitative estimate of drug-likeness (QED) is 0.393. The Labute approximate surface area is 174 Å². The van der Waals surface area contributed by atoms with Gasteiger partial charge >= 0.3 is 11.7 Å². The zero-order valence-corrected chi connectivity index (χ0v) is 17.0. The number of hydrogen-bond acceptors (Lipinski definition) is 9. The van der Waals surface area contributed by atoms with Gasteiger partial charge in [0.25, 0.3) is 0 Å². The molecule has 160 valence electrons. The molecular weight excluding hydrogens is 390 g/mol. The summed E-state index contributed by atoms with van der Waals surface area (Å²) in [5.41, 5.74) is 0.408. The second-order valence-corrected chi connectivity index (χ2v) is 6.77. The molecular formula is C20H25N5O5. The summed E-state index contributed by atoms with van der Waals surface area (Å²) in [6.07, 6.45) is 2.69. The molecule has 0 amide bonds. The van der Waals surface area contributed by atoms with Crippen LogP contribution in [0.15, 0.2) is 30.6 Å². The lowest BCUT2D eigenvalue weighted by atomic mass is 9.98. The van der Waals surface area contributed by atoms with Crippen molar-refractivity contribution in [3.63, 3.8) is 0 Å². The van der Waals surface area contributed by atoms with Crippen molar-refractivity contribution in [2.75, 3.05) is 36.5 Å². The summed E-state index contributed by atoms with van der Waals surface area (Å²) in [6, 6.07) is 7.06. The number of piperidine rings is 1. The minimum Gasteiger partial charge on any atom is -0.494 e. The first kappa shape index (κ1) is 21.3. The highest BCUT2D eigenvalue weighted by Crippen LogP contribution is 2.35. The molecule has 1 N–H and O–H groups in total. The number of nitro groups is 1. The molecule has 1 atom stereocenters. The number of hydrogen-bond donors (Lipinski definition) is 1. The van der Waals surface area contributed by atoms with Crippen LogP contribution < -0.4 is 15.0 Å². The van der Waals surface area contributed by atoms with Gasteiger partial charge in [-0.2, -0.15) is 0 Å². The molecule has 3 rings (SSSR count). The molecule has 0 bridgehead atoms. The molecule has 0 aliphatic carbocycles. The van der Waals surface area contributed by atoms with Crippen LogP contribution in [-0.2, 0) is 9.53 Å². The van der Waals surface area contributed by atoms with Gasteiger partial charge in [0.2, 0.25) is 11.6 Å². The number of aromatic nitrogens is 2. The first-order valence-corrected chi connectivity index (χ1v) is 9.94. The molecule has 1 aromatic heterocycles. The molecule has 0 spiro atoms. The Balaban J connectivity index is 1.85. The van der Waals surface area contributed by atoms with Crippen molar-refractivity contribution in [2.45, 2.75) is 26.7 Å². The topological polar surface area (TPSA) is 120 Å². The third-order valence-corrected chi connectivity index (χ3v) is 4.75. The average molecular weight is 415 g/mol. The minimum atomic E-state index is -0.500. The molecule has 2 heterocycles. The van der Waals surface area contributed by atoms with Crippen molar-refractivity contribution in [1.82, 2.24) is 9.97 Å². The van der Waals surface area contributed by atoms with Crippen molar-refractivity contribution >= 4 is 29.0 Å². The summed E-state index contributed by atoms with van der Waals surface area (Å²) in [4.78, 5) is 33.5. The number of ether oxygens (including phenoxy) is 2. The predicted molar refractivity (Wildman–Crippen MR) is 111 cm³/mol. The summed E-state index contributed by atoms with van der Waals surface area (Å²) in [7, 11) is 0. The van der Waals surface area contributed by atoms with Crippen molar-refractivity contribution in [3.8, 4) is 5.75 Å². The zero-order chi connectivity index (χ0) is 21.5. The van der Waals surface area contributed by atoms with Gasteiger partial charge in [-0.05, 0) is 51.0 Å². The van der Waals surface area contributed by atoms with E-state index in [1.807, 2.05) is 6.92 Å². The molecule has 1 aromatic carbocycles. The van der Waals surface area contributed by atoms with E-state index in [0.29, 0.717) is 50.6 Å². The SMILES string of the molecule is CCOC(=O)C1CCCN(c2ncnc(Nc3ccc(OCC)cc3)c2[N+](=O)[O-])C1. The highest BCUT2D eigenvalue weighted by atomic mass is 16.6. The Hall–Kier alpha value is -3.43. The Morgan fingerprint density at radius 3 is 2.70 bits per heavy atom. The molecule has 10 heteroatoms. The number of nitrogens with one attached hydrogen (secondary N) is 1. The highest BCUT2D eigenvalue weighted by molar-refractivity contribution is 5.77. The van der Waals surface area contributed by atoms with Crippen LogP contribution in [0.5, 0.6) is 5.75 Å². The van der Waals surface area contributed by atoms with E-state index in [1.165, 1.54) is 6.33 Å². The van der Waals surface area contributed by atoms with Crippen LogP contribution in [0.3, 0.4) is 0 Å². The smallest absolute Gasteiger partial charge is 0.353 e. The summed E-state index contributed by atoms with van der Waals surface area (Å²) in [5.74, 6) is 0.367. The van der Waals surface area contributed by atoms with Gasteiger partial charge in [-0.15, -0.1) is 0 Å². The number of benzene rings is 1. The minimum absolute atomic E-state index is 0.0902. The third kappa shape index (κ3) is 4.94. The fraction of sp³-hybridized carbons (Fsp3) is 0.450. The number of anilines is 3. The van der Waals surface area contributed by atoms with Gasteiger partial charge < -0.3 is 19.7 Å². The Morgan fingerprint density at radius 2 is 2.03 bits per heavy atom. The van der Waals surface area contributed by atoms with Crippen LogP contribution in [0, 0.1) is 16.0 Å². The second-order valence-electron chi connectivity index (χ2n) is 6.77. The molecule has 1 fully saturated rings. The molecule has 10 nitrogen and oxygen atoms in total. The van der Waals surface area contributed by atoms with Gasteiger partial charge in [0.1, 0.15) is 12.1 Å². The van der Waals surface area contributed by atoms with Crippen molar-refractivity contribution in [3.05, 3.63) is 40.7 Å². The maximum absolute atomic E-state index is 12.1. The first-order chi connectivity index (χ1) is 14.5. The van der Waals surface area contributed by atoms with Crippen LogP contribution in [0.1, 0.15) is 26.7 Å². The van der Waals surface area contributed by atoms with Gasteiger partial charge in [-0.3, -0.25) is 14.9 Å². The predicted octanol–water partition coefficient (Wildman–Crippen LogP) is 3.31. The fourth-order valence-corrected chi connectivity index (χ4v) is 3.42. The Morgan fingerprint density at radius 1 is 1.27 bits per heavy atom. The van der Waals surface area contributed by atoms with Crippen LogP contribution in [0.4, 0.5) is 23.0 Å². The van der Waals surface area contributed by atoms with E-state index in [-0.39, 0.29) is 29.2 Å². The van der Waals surface area contributed by atoms with Gasteiger partial charge in [0, 0.05) is 18.8 Å². The lowest BCUT2D eigenvalue weighted by Crippen LogP contribution is -2.40. The largest absolute Gasteiger partial charge is 0.494 e. The van der Waals surface area contributed by atoms with Crippen LogP contribution in [-0.4, -0.2) is 47.2 Å². The summed E-state index contributed by atoms with van der Waals surface area (Å²) in [6.45, 7) is 5.39. The fourth-order valence-electron chi connectivity index (χ4n) is 3.42. The maximum atomic E-state index is 12.1. The lowest BCUT2D eigenvalue weighted by Gasteiger charge is -2.32. The molecule has 0 radical (unpaired) electrons. The number of carbonyl (C=O) groups is 1. The first-order valence-electron chi connectivity index (χ1n) is 9.94.